The van der Waals surface area contributed by atoms with Gasteiger partial charge < -0.3 is 10.1 Å². The number of benzene rings is 2. The number of anilines is 1. The molecule has 0 fully saturated rings. The predicted octanol–water partition coefficient (Wildman–Crippen LogP) is 5.37. The third-order valence-corrected chi connectivity index (χ3v) is 3.93. The van der Waals surface area contributed by atoms with Crippen molar-refractivity contribution in [2.24, 2.45) is 0 Å². The van der Waals surface area contributed by atoms with Crippen molar-refractivity contribution in [2.75, 3.05) is 12.4 Å². The molecule has 0 amide bonds. The summed E-state index contributed by atoms with van der Waals surface area (Å²) in [4.78, 5) is 0. The zero-order valence-corrected chi connectivity index (χ0v) is 14.6. The molecule has 0 heterocycles. The average Bonchev–Trinajstić information content (AvgIpc) is 2.44. The van der Waals surface area contributed by atoms with Crippen LogP contribution in [-0.2, 0) is 12.0 Å². The van der Waals surface area contributed by atoms with Crippen molar-refractivity contribution in [1.82, 2.24) is 0 Å². The van der Waals surface area contributed by atoms with Crippen LogP contribution in [0.15, 0.2) is 46.9 Å². The molecular weight excluding hydrogens is 326 g/mol. The number of ether oxygens (including phenoxy) is 1. The monoisotopic (exact) mass is 347 g/mol. The molecular formula is C18H22BrNO. The van der Waals surface area contributed by atoms with Crippen LogP contribution in [0.25, 0.3) is 0 Å². The van der Waals surface area contributed by atoms with E-state index in [4.69, 9.17) is 4.74 Å². The Labute approximate surface area is 135 Å². The van der Waals surface area contributed by atoms with Crippen LogP contribution in [0.1, 0.15) is 31.9 Å². The van der Waals surface area contributed by atoms with Crippen molar-refractivity contribution >= 4 is 21.6 Å². The second-order valence-corrected chi connectivity index (χ2v) is 7.06. The maximum absolute atomic E-state index is 5.45. The molecule has 0 aliphatic rings. The summed E-state index contributed by atoms with van der Waals surface area (Å²) in [6.07, 6.45) is 0. The zero-order chi connectivity index (χ0) is 15.5. The average molecular weight is 348 g/mol. The van der Waals surface area contributed by atoms with E-state index in [9.17, 15) is 0 Å². The highest BCUT2D eigenvalue weighted by molar-refractivity contribution is 9.10. The Morgan fingerprint density at radius 3 is 2.48 bits per heavy atom. The molecule has 0 aliphatic carbocycles. The third kappa shape index (κ3) is 4.24. The number of hydrogen-bond acceptors (Lipinski definition) is 2. The van der Waals surface area contributed by atoms with Crippen LogP contribution in [0.4, 0.5) is 5.69 Å². The van der Waals surface area contributed by atoms with E-state index in [1.54, 1.807) is 7.11 Å². The molecule has 0 unspecified atom stereocenters. The normalized spacial score (nSPS) is 11.3. The van der Waals surface area contributed by atoms with Gasteiger partial charge >= 0.3 is 0 Å². The highest BCUT2D eigenvalue weighted by atomic mass is 79.9. The Kier molecular flexibility index (Phi) is 4.94. The van der Waals surface area contributed by atoms with Crippen molar-refractivity contribution in [3.63, 3.8) is 0 Å². The van der Waals surface area contributed by atoms with E-state index < -0.39 is 0 Å². The molecule has 112 valence electrons. The summed E-state index contributed by atoms with van der Waals surface area (Å²) in [7, 11) is 1.70. The molecule has 0 radical (unpaired) electrons. The molecule has 2 rings (SSSR count). The summed E-state index contributed by atoms with van der Waals surface area (Å²) in [5, 5.41) is 3.47. The summed E-state index contributed by atoms with van der Waals surface area (Å²) >= 11 is 3.50. The van der Waals surface area contributed by atoms with E-state index in [0.29, 0.717) is 0 Å². The molecule has 0 saturated heterocycles. The topological polar surface area (TPSA) is 21.3 Å². The number of methoxy groups -OCH3 is 1. The second-order valence-electron chi connectivity index (χ2n) is 6.15. The van der Waals surface area contributed by atoms with E-state index in [2.05, 4.69) is 66.3 Å². The van der Waals surface area contributed by atoms with Gasteiger partial charge in [-0.1, -0.05) is 54.9 Å². The maximum atomic E-state index is 5.45. The molecule has 2 aromatic carbocycles. The molecule has 0 bridgehead atoms. The highest BCUT2D eigenvalue weighted by Gasteiger charge is 2.15. The van der Waals surface area contributed by atoms with Gasteiger partial charge in [-0.2, -0.15) is 0 Å². The number of halogens is 1. The summed E-state index contributed by atoms with van der Waals surface area (Å²) in [6, 6.07) is 14.6. The Morgan fingerprint density at radius 1 is 1.10 bits per heavy atom. The molecule has 0 atom stereocenters. The molecule has 1 N–H and O–H groups in total. The van der Waals surface area contributed by atoms with E-state index in [1.165, 1.54) is 11.1 Å². The van der Waals surface area contributed by atoms with Gasteiger partial charge in [0.15, 0.2) is 0 Å². The van der Waals surface area contributed by atoms with Crippen molar-refractivity contribution in [2.45, 2.75) is 32.7 Å². The minimum Gasteiger partial charge on any atom is -0.495 e. The SMILES string of the molecule is COc1ccc(C(C)(C)C)cc1NCc1cccc(Br)c1. The first-order valence-corrected chi connectivity index (χ1v) is 7.86. The Balaban J connectivity index is 2.21. The molecule has 3 heteroatoms. The van der Waals surface area contributed by atoms with Crippen molar-refractivity contribution < 1.29 is 4.74 Å². The number of hydrogen-bond donors (Lipinski definition) is 1. The largest absolute Gasteiger partial charge is 0.495 e. The molecule has 2 aromatic rings. The molecule has 0 saturated carbocycles. The first-order chi connectivity index (χ1) is 9.90. The fraction of sp³-hybridized carbons (Fsp3) is 0.333. The fourth-order valence-corrected chi connectivity index (χ4v) is 2.60. The fourth-order valence-electron chi connectivity index (χ4n) is 2.16. The summed E-state index contributed by atoms with van der Waals surface area (Å²) in [5.41, 5.74) is 3.68. The Bertz CT molecular complexity index is 617. The van der Waals surface area contributed by atoms with Crippen LogP contribution >= 0.6 is 15.9 Å². The zero-order valence-electron chi connectivity index (χ0n) is 13.0. The van der Waals surface area contributed by atoms with E-state index in [0.717, 1.165) is 22.5 Å². The van der Waals surface area contributed by atoms with Crippen LogP contribution in [0.3, 0.4) is 0 Å². The minimum atomic E-state index is 0.123. The predicted molar refractivity (Wildman–Crippen MR) is 93.2 cm³/mol. The lowest BCUT2D eigenvalue weighted by Crippen LogP contribution is -2.12. The van der Waals surface area contributed by atoms with Gasteiger partial charge in [0.1, 0.15) is 5.75 Å². The van der Waals surface area contributed by atoms with Gasteiger partial charge in [-0.05, 0) is 40.8 Å². The van der Waals surface area contributed by atoms with Crippen LogP contribution in [0, 0.1) is 0 Å². The van der Waals surface area contributed by atoms with Gasteiger partial charge in [-0.3, -0.25) is 0 Å². The van der Waals surface area contributed by atoms with E-state index in [-0.39, 0.29) is 5.41 Å². The highest BCUT2D eigenvalue weighted by Crippen LogP contribution is 2.31. The summed E-state index contributed by atoms with van der Waals surface area (Å²) in [6.45, 7) is 7.41. The van der Waals surface area contributed by atoms with Crippen molar-refractivity contribution in [3.8, 4) is 5.75 Å². The minimum absolute atomic E-state index is 0.123. The van der Waals surface area contributed by atoms with Gasteiger partial charge in [-0.25, -0.2) is 0 Å². The first-order valence-electron chi connectivity index (χ1n) is 7.07. The number of nitrogens with one attached hydrogen (secondary N) is 1. The number of rotatable bonds is 4. The van der Waals surface area contributed by atoms with Crippen molar-refractivity contribution in [1.29, 1.82) is 0 Å². The Morgan fingerprint density at radius 2 is 1.86 bits per heavy atom. The Hall–Kier alpha value is -1.48. The molecule has 2 nitrogen and oxygen atoms in total. The molecule has 21 heavy (non-hydrogen) atoms. The molecule has 0 aliphatic heterocycles. The first kappa shape index (κ1) is 15.9. The third-order valence-electron chi connectivity index (χ3n) is 3.44. The van der Waals surface area contributed by atoms with Crippen LogP contribution in [-0.4, -0.2) is 7.11 Å². The lowest BCUT2D eigenvalue weighted by Gasteiger charge is -2.21. The van der Waals surface area contributed by atoms with Crippen molar-refractivity contribution in [3.05, 3.63) is 58.1 Å². The standard InChI is InChI=1S/C18H22BrNO/c1-18(2,3)14-8-9-17(21-4)16(11-14)20-12-13-6-5-7-15(19)10-13/h5-11,20H,12H2,1-4H3. The molecule has 0 aromatic heterocycles. The lowest BCUT2D eigenvalue weighted by molar-refractivity contribution is 0.416. The van der Waals surface area contributed by atoms with Gasteiger partial charge in [0.05, 0.1) is 12.8 Å². The maximum Gasteiger partial charge on any atom is 0.141 e. The molecule has 0 spiro atoms. The smallest absolute Gasteiger partial charge is 0.141 e. The van der Waals surface area contributed by atoms with Crippen LogP contribution in [0.5, 0.6) is 5.75 Å². The van der Waals surface area contributed by atoms with Gasteiger partial charge in [0.2, 0.25) is 0 Å². The lowest BCUT2D eigenvalue weighted by atomic mass is 9.87. The summed E-state index contributed by atoms with van der Waals surface area (Å²) in [5.74, 6) is 0.873. The van der Waals surface area contributed by atoms with Crippen LogP contribution < -0.4 is 10.1 Å². The van der Waals surface area contributed by atoms with E-state index in [1.807, 2.05) is 18.2 Å². The van der Waals surface area contributed by atoms with Gasteiger partial charge in [0.25, 0.3) is 0 Å². The van der Waals surface area contributed by atoms with Gasteiger partial charge in [0, 0.05) is 11.0 Å². The van der Waals surface area contributed by atoms with Gasteiger partial charge in [-0.15, -0.1) is 0 Å². The summed E-state index contributed by atoms with van der Waals surface area (Å²) < 4.78 is 6.55. The van der Waals surface area contributed by atoms with Crippen LogP contribution in [0.2, 0.25) is 0 Å². The van der Waals surface area contributed by atoms with E-state index >= 15 is 0 Å². The quantitative estimate of drug-likeness (QED) is 0.802. The second kappa shape index (κ2) is 6.52.